The van der Waals surface area contributed by atoms with Crippen LogP contribution in [0.25, 0.3) is 10.9 Å². The van der Waals surface area contributed by atoms with Crippen LogP contribution in [-0.2, 0) is 13.5 Å². The summed E-state index contributed by atoms with van der Waals surface area (Å²) < 4.78 is 2.07. The van der Waals surface area contributed by atoms with Gasteiger partial charge in [0.2, 0.25) is 0 Å². The van der Waals surface area contributed by atoms with Gasteiger partial charge in [-0.3, -0.25) is 0 Å². The lowest BCUT2D eigenvalue weighted by atomic mass is 10.1. The van der Waals surface area contributed by atoms with Crippen molar-refractivity contribution in [3.05, 3.63) is 35.0 Å². The van der Waals surface area contributed by atoms with Gasteiger partial charge in [-0.2, -0.15) is 0 Å². The maximum absolute atomic E-state index is 9.97. The Hall–Kier alpha value is -0.990. The van der Waals surface area contributed by atoms with Crippen molar-refractivity contribution in [3.8, 4) is 0 Å². The lowest BCUT2D eigenvalue weighted by molar-refractivity contribution is 0.151. The number of aryl methyl sites for hydroxylation is 1. The second-order valence-corrected chi connectivity index (χ2v) is 5.26. The monoisotopic (exact) mass is 235 g/mol. The van der Waals surface area contributed by atoms with E-state index < -0.39 is 5.60 Å². The molecule has 2 aromatic rings. The maximum Gasteiger partial charge on any atom is 0.0690 e. The van der Waals surface area contributed by atoms with E-state index in [2.05, 4.69) is 10.8 Å². The third-order valence-corrected chi connectivity index (χ3v) is 3.62. The molecule has 0 atom stereocenters. The maximum atomic E-state index is 9.97. The quantitative estimate of drug-likeness (QED) is 0.851. The van der Waals surface area contributed by atoms with Crippen LogP contribution in [0.3, 0.4) is 0 Å². The average Bonchev–Trinajstić information content (AvgIpc) is 2.87. The Kier molecular flexibility index (Phi) is 2.07. The molecule has 2 nitrogen and oxygen atoms in total. The van der Waals surface area contributed by atoms with Crippen LogP contribution >= 0.6 is 11.6 Å². The molecule has 1 aliphatic carbocycles. The topological polar surface area (TPSA) is 25.2 Å². The van der Waals surface area contributed by atoms with Gasteiger partial charge >= 0.3 is 0 Å². The number of rotatable bonds is 2. The van der Waals surface area contributed by atoms with Crippen LogP contribution in [-0.4, -0.2) is 15.3 Å². The molecule has 84 valence electrons. The van der Waals surface area contributed by atoms with Gasteiger partial charge in [-0.1, -0.05) is 17.7 Å². The van der Waals surface area contributed by atoms with E-state index in [1.54, 1.807) is 0 Å². The molecule has 1 aromatic carbocycles. The highest BCUT2D eigenvalue weighted by atomic mass is 35.5. The summed E-state index contributed by atoms with van der Waals surface area (Å²) >= 11 is 5.98. The van der Waals surface area contributed by atoms with Gasteiger partial charge in [0, 0.05) is 35.6 Å². The van der Waals surface area contributed by atoms with Crippen molar-refractivity contribution in [2.75, 3.05) is 0 Å². The summed E-state index contributed by atoms with van der Waals surface area (Å²) in [4.78, 5) is 0. The number of benzene rings is 1. The normalized spacial score (nSPS) is 17.9. The minimum atomic E-state index is -0.437. The van der Waals surface area contributed by atoms with Crippen molar-refractivity contribution >= 4 is 22.5 Å². The van der Waals surface area contributed by atoms with E-state index in [4.69, 9.17) is 11.6 Å². The zero-order valence-electron chi connectivity index (χ0n) is 9.20. The molecule has 16 heavy (non-hydrogen) atoms. The van der Waals surface area contributed by atoms with E-state index in [1.165, 1.54) is 10.9 Å². The first-order valence-corrected chi connectivity index (χ1v) is 5.91. The molecule has 1 N–H and O–H groups in total. The van der Waals surface area contributed by atoms with E-state index >= 15 is 0 Å². The van der Waals surface area contributed by atoms with Gasteiger partial charge in [0.25, 0.3) is 0 Å². The summed E-state index contributed by atoms with van der Waals surface area (Å²) in [7, 11) is 2.01. The predicted molar refractivity (Wildman–Crippen MR) is 65.8 cm³/mol. The van der Waals surface area contributed by atoms with Gasteiger partial charge in [0.1, 0.15) is 0 Å². The SMILES string of the molecule is Cn1cc(CC2(O)CC2)c2ccc(Cl)cc21. The molecule has 0 radical (unpaired) electrons. The van der Waals surface area contributed by atoms with Crippen molar-refractivity contribution in [1.29, 1.82) is 0 Å². The fourth-order valence-electron chi connectivity index (χ4n) is 2.26. The molecule has 0 spiro atoms. The lowest BCUT2D eigenvalue weighted by Gasteiger charge is -2.05. The molecule has 0 unspecified atom stereocenters. The van der Waals surface area contributed by atoms with Gasteiger partial charge in [0.05, 0.1) is 5.60 Å². The van der Waals surface area contributed by atoms with Crippen LogP contribution < -0.4 is 0 Å². The first-order chi connectivity index (χ1) is 7.57. The molecule has 0 amide bonds. The third-order valence-electron chi connectivity index (χ3n) is 3.38. The van der Waals surface area contributed by atoms with E-state index in [1.807, 2.05) is 25.2 Å². The Morgan fingerprint density at radius 2 is 2.19 bits per heavy atom. The van der Waals surface area contributed by atoms with Crippen LogP contribution in [0.2, 0.25) is 5.02 Å². The van der Waals surface area contributed by atoms with Gasteiger partial charge in [-0.25, -0.2) is 0 Å². The standard InChI is InChI=1S/C13H14ClNO/c1-15-8-9(7-13(16)4-5-13)11-3-2-10(14)6-12(11)15/h2-3,6,8,16H,4-5,7H2,1H3. The van der Waals surface area contributed by atoms with Gasteiger partial charge in [-0.05, 0) is 30.5 Å². The molecule has 1 aliphatic rings. The number of fused-ring (bicyclic) bond motifs is 1. The molecule has 3 heteroatoms. The number of aliphatic hydroxyl groups is 1. The lowest BCUT2D eigenvalue weighted by Crippen LogP contribution is -2.10. The Bertz CT molecular complexity index is 554. The highest BCUT2D eigenvalue weighted by Gasteiger charge is 2.40. The summed E-state index contributed by atoms with van der Waals surface area (Å²) in [6.07, 6.45) is 4.71. The van der Waals surface area contributed by atoms with Crippen LogP contribution in [0.1, 0.15) is 18.4 Å². The smallest absolute Gasteiger partial charge is 0.0690 e. The third kappa shape index (κ3) is 1.62. The van der Waals surface area contributed by atoms with Crippen molar-refractivity contribution in [2.24, 2.45) is 7.05 Å². The number of nitrogens with zero attached hydrogens (tertiary/aromatic N) is 1. The zero-order valence-corrected chi connectivity index (χ0v) is 9.96. The summed E-state index contributed by atoms with van der Waals surface area (Å²) in [6.45, 7) is 0. The second-order valence-electron chi connectivity index (χ2n) is 4.83. The van der Waals surface area contributed by atoms with E-state index in [-0.39, 0.29) is 0 Å². The first kappa shape index (κ1) is 10.2. The fraction of sp³-hybridized carbons (Fsp3) is 0.385. The molecular formula is C13H14ClNO. The summed E-state index contributed by atoms with van der Waals surface area (Å²) in [5.74, 6) is 0. The highest BCUT2D eigenvalue weighted by Crippen LogP contribution is 2.40. The van der Waals surface area contributed by atoms with Crippen LogP contribution in [0.15, 0.2) is 24.4 Å². The van der Waals surface area contributed by atoms with Crippen LogP contribution in [0.4, 0.5) is 0 Å². The predicted octanol–water partition coefficient (Wildman–Crippen LogP) is 2.90. The molecule has 3 rings (SSSR count). The number of halogens is 1. The van der Waals surface area contributed by atoms with E-state index in [0.717, 1.165) is 29.8 Å². The van der Waals surface area contributed by atoms with Crippen molar-refractivity contribution < 1.29 is 5.11 Å². The minimum absolute atomic E-state index is 0.437. The summed E-state index contributed by atoms with van der Waals surface area (Å²) in [6, 6.07) is 5.92. The van der Waals surface area contributed by atoms with Gasteiger partial charge in [0.15, 0.2) is 0 Å². The Morgan fingerprint density at radius 3 is 2.88 bits per heavy atom. The first-order valence-electron chi connectivity index (χ1n) is 5.53. The molecule has 1 aromatic heterocycles. The summed E-state index contributed by atoms with van der Waals surface area (Å²) in [5.41, 5.74) is 1.91. The molecule has 0 saturated heterocycles. The Labute approximate surface area is 99.4 Å². The van der Waals surface area contributed by atoms with Crippen LogP contribution in [0, 0.1) is 0 Å². The molecular weight excluding hydrogens is 222 g/mol. The second kappa shape index (κ2) is 3.25. The Morgan fingerprint density at radius 1 is 1.44 bits per heavy atom. The van der Waals surface area contributed by atoms with Crippen molar-refractivity contribution in [2.45, 2.75) is 24.9 Å². The van der Waals surface area contributed by atoms with Gasteiger partial charge < -0.3 is 9.67 Å². The minimum Gasteiger partial charge on any atom is -0.390 e. The number of hydrogen-bond donors (Lipinski definition) is 1. The summed E-state index contributed by atoms with van der Waals surface area (Å²) in [5, 5.41) is 11.9. The molecule has 1 saturated carbocycles. The molecule has 0 bridgehead atoms. The zero-order chi connectivity index (χ0) is 11.3. The Balaban J connectivity index is 2.11. The molecule has 0 aliphatic heterocycles. The number of aromatic nitrogens is 1. The van der Waals surface area contributed by atoms with Crippen molar-refractivity contribution in [3.63, 3.8) is 0 Å². The van der Waals surface area contributed by atoms with Gasteiger partial charge in [-0.15, -0.1) is 0 Å². The molecule has 1 heterocycles. The van der Waals surface area contributed by atoms with E-state index in [9.17, 15) is 5.11 Å². The molecule has 1 fully saturated rings. The van der Waals surface area contributed by atoms with E-state index in [0.29, 0.717) is 0 Å². The fourth-order valence-corrected chi connectivity index (χ4v) is 2.42. The van der Waals surface area contributed by atoms with Crippen molar-refractivity contribution in [1.82, 2.24) is 4.57 Å². The number of hydrogen-bond acceptors (Lipinski definition) is 1. The highest BCUT2D eigenvalue weighted by molar-refractivity contribution is 6.31. The average molecular weight is 236 g/mol. The van der Waals surface area contributed by atoms with Crippen LogP contribution in [0.5, 0.6) is 0 Å². The largest absolute Gasteiger partial charge is 0.390 e.